The predicted molar refractivity (Wildman–Crippen MR) is 83.6 cm³/mol. The Kier molecular flexibility index (Phi) is 6.18. The normalized spacial score (nSPS) is 17.8. The summed E-state index contributed by atoms with van der Waals surface area (Å²) in [6.45, 7) is 5.51. The Morgan fingerprint density at radius 3 is 2.95 bits per heavy atom. The van der Waals surface area contributed by atoms with Gasteiger partial charge in [-0.1, -0.05) is 19.8 Å². The highest BCUT2D eigenvalue weighted by Gasteiger charge is 2.15. The summed E-state index contributed by atoms with van der Waals surface area (Å²) < 4.78 is 0. The van der Waals surface area contributed by atoms with Gasteiger partial charge in [0.05, 0.1) is 5.03 Å². The van der Waals surface area contributed by atoms with Crippen LogP contribution in [0.4, 0.5) is 0 Å². The van der Waals surface area contributed by atoms with Crippen LogP contribution < -0.4 is 5.32 Å². The summed E-state index contributed by atoms with van der Waals surface area (Å²) in [7, 11) is 0. The topological polar surface area (TPSA) is 24.9 Å². The number of aromatic nitrogens is 1. The van der Waals surface area contributed by atoms with Gasteiger partial charge in [-0.05, 0) is 56.3 Å². The molecule has 3 heteroatoms. The first-order chi connectivity index (χ1) is 9.29. The molecule has 1 aromatic rings. The monoisotopic (exact) mass is 278 g/mol. The van der Waals surface area contributed by atoms with Crippen LogP contribution in [0.1, 0.15) is 57.6 Å². The minimum Gasteiger partial charge on any atom is -0.310 e. The van der Waals surface area contributed by atoms with Crippen LogP contribution in [0.3, 0.4) is 0 Å². The maximum atomic E-state index is 4.50. The molecule has 0 bridgehead atoms. The van der Waals surface area contributed by atoms with Crippen LogP contribution in [0.2, 0.25) is 0 Å². The van der Waals surface area contributed by atoms with E-state index in [2.05, 4.69) is 36.3 Å². The lowest BCUT2D eigenvalue weighted by Crippen LogP contribution is -2.19. The van der Waals surface area contributed by atoms with Gasteiger partial charge in [-0.3, -0.25) is 0 Å². The van der Waals surface area contributed by atoms with Gasteiger partial charge < -0.3 is 5.32 Å². The third kappa shape index (κ3) is 4.81. The summed E-state index contributed by atoms with van der Waals surface area (Å²) in [5, 5.41) is 4.73. The first kappa shape index (κ1) is 14.9. The molecule has 1 atom stereocenters. The van der Waals surface area contributed by atoms with Crippen molar-refractivity contribution in [1.29, 1.82) is 0 Å². The molecule has 1 fully saturated rings. The average molecular weight is 278 g/mol. The Bertz CT molecular complexity index is 375. The zero-order chi connectivity index (χ0) is 13.5. The first-order valence-electron chi connectivity index (χ1n) is 7.61. The molecule has 2 nitrogen and oxygen atoms in total. The molecule has 1 unspecified atom stereocenters. The maximum absolute atomic E-state index is 4.50. The van der Waals surface area contributed by atoms with Crippen LogP contribution >= 0.6 is 11.8 Å². The van der Waals surface area contributed by atoms with Crippen LogP contribution in [0, 0.1) is 5.92 Å². The maximum Gasteiger partial charge on any atom is 0.0963 e. The zero-order valence-corrected chi connectivity index (χ0v) is 13.0. The lowest BCUT2D eigenvalue weighted by molar-refractivity contribution is 0.569. The van der Waals surface area contributed by atoms with E-state index in [0.29, 0.717) is 6.04 Å². The molecular weight excluding hydrogens is 252 g/mol. The Balaban J connectivity index is 1.86. The van der Waals surface area contributed by atoms with Gasteiger partial charge in [0.1, 0.15) is 0 Å². The highest BCUT2D eigenvalue weighted by molar-refractivity contribution is 7.99. The van der Waals surface area contributed by atoms with Crippen molar-refractivity contribution < 1.29 is 0 Å². The fraction of sp³-hybridized carbons (Fsp3) is 0.688. The molecule has 0 spiro atoms. The summed E-state index contributed by atoms with van der Waals surface area (Å²) >= 11 is 1.93. The number of nitrogens with zero attached hydrogens (tertiary/aromatic N) is 1. The minimum atomic E-state index is 0.425. The SMILES string of the molecule is CCCNC(C)c1ccnc(SCC2CCCC2)c1. The molecule has 1 aliphatic carbocycles. The second-order valence-electron chi connectivity index (χ2n) is 5.56. The summed E-state index contributed by atoms with van der Waals surface area (Å²) in [6.07, 6.45) is 8.82. The Morgan fingerprint density at radius 1 is 1.42 bits per heavy atom. The number of rotatable bonds is 7. The standard InChI is InChI=1S/C16H26N2S/c1-3-9-17-13(2)15-8-10-18-16(11-15)19-12-14-6-4-5-7-14/h8,10-11,13-14,17H,3-7,9,12H2,1-2H3. The highest BCUT2D eigenvalue weighted by Crippen LogP contribution is 2.30. The summed E-state index contributed by atoms with van der Waals surface area (Å²) in [4.78, 5) is 4.50. The van der Waals surface area contributed by atoms with Crippen LogP contribution in [0.15, 0.2) is 23.4 Å². The fourth-order valence-corrected chi connectivity index (χ4v) is 3.73. The minimum absolute atomic E-state index is 0.425. The van der Waals surface area contributed by atoms with Gasteiger partial charge in [0.15, 0.2) is 0 Å². The quantitative estimate of drug-likeness (QED) is 0.747. The lowest BCUT2D eigenvalue weighted by atomic mass is 10.1. The Morgan fingerprint density at radius 2 is 2.21 bits per heavy atom. The van der Waals surface area contributed by atoms with Crippen molar-refractivity contribution in [2.75, 3.05) is 12.3 Å². The van der Waals surface area contributed by atoms with E-state index in [-0.39, 0.29) is 0 Å². The molecule has 0 aliphatic heterocycles. The summed E-state index contributed by atoms with van der Waals surface area (Å²) in [5.41, 5.74) is 1.36. The zero-order valence-electron chi connectivity index (χ0n) is 12.2. The molecule has 1 N–H and O–H groups in total. The first-order valence-corrected chi connectivity index (χ1v) is 8.60. The van der Waals surface area contributed by atoms with Crippen molar-refractivity contribution in [2.24, 2.45) is 5.92 Å². The molecule has 106 valence electrons. The number of pyridine rings is 1. The molecule has 1 aromatic heterocycles. The van der Waals surface area contributed by atoms with Crippen LogP contribution in [0.25, 0.3) is 0 Å². The van der Waals surface area contributed by atoms with Crippen molar-refractivity contribution in [3.63, 3.8) is 0 Å². The molecule has 1 aliphatic rings. The van der Waals surface area contributed by atoms with Crippen molar-refractivity contribution in [3.8, 4) is 0 Å². The lowest BCUT2D eigenvalue weighted by Gasteiger charge is -2.14. The number of hydrogen-bond donors (Lipinski definition) is 1. The van der Waals surface area contributed by atoms with Gasteiger partial charge in [-0.2, -0.15) is 0 Å². The van der Waals surface area contributed by atoms with Crippen LogP contribution in [-0.2, 0) is 0 Å². The molecule has 0 amide bonds. The smallest absolute Gasteiger partial charge is 0.0963 e. The number of hydrogen-bond acceptors (Lipinski definition) is 3. The third-order valence-electron chi connectivity index (χ3n) is 3.90. The van der Waals surface area contributed by atoms with E-state index < -0.39 is 0 Å². The van der Waals surface area contributed by atoms with Gasteiger partial charge in [-0.15, -0.1) is 11.8 Å². The second kappa shape index (κ2) is 7.91. The van der Waals surface area contributed by atoms with Gasteiger partial charge in [0.25, 0.3) is 0 Å². The molecule has 0 aromatic carbocycles. The van der Waals surface area contributed by atoms with Crippen molar-refractivity contribution in [1.82, 2.24) is 10.3 Å². The number of nitrogens with one attached hydrogen (secondary N) is 1. The summed E-state index contributed by atoms with van der Waals surface area (Å²) in [5.74, 6) is 2.17. The highest BCUT2D eigenvalue weighted by atomic mass is 32.2. The van der Waals surface area contributed by atoms with E-state index in [4.69, 9.17) is 0 Å². The van der Waals surface area contributed by atoms with Gasteiger partial charge in [0.2, 0.25) is 0 Å². The van der Waals surface area contributed by atoms with Crippen LogP contribution in [-0.4, -0.2) is 17.3 Å². The van der Waals surface area contributed by atoms with E-state index in [1.165, 1.54) is 48.4 Å². The van der Waals surface area contributed by atoms with Crippen molar-refractivity contribution in [3.05, 3.63) is 23.9 Å². The predicted octanol–water partition coefficient (Wildman–Crippen LogP) is 4.42. The molecule has 1 saturated carbocycles. The Labute approximate surface area is 121 Å². The van der Waals surface area contributed by atoms with E-state index in [1.54, 1.807) is 0 Å². The fourth-order valence-electron chi connectivity index (χ4n) is 2.63. The van der Waals surface area contributed by atoms with E-state index in [0.717, 1.165) is 12.5 Å². The van der Waals surface area contributed by atoms with Crippen LogP contribution in [0.5, 0.6) is 0 Å². The number of thioether (sulfide) groups is 1. The average Bonchev–Trinajstić information content (AvgIpc) is 2.96. The van der Waals surface area contributed by atoms with Gasteiger partial charge in [-0.25, -0.2) is 4.98 Å². The molecule has 0 saturated heterocycles. The van der Waals surface area contributed by atoms with Gasteiger partial charge in [0, 0.05) is 18.0 Å². The van der Waals surface area contributed by atoms with E-state index in [1.807, 2.05) is 18.0 Å². The molecule has 1 heterocycles. The second-order valence-corrected chi connectivity index (χ2v) is 6.60. The summed E-state index contributed by atoms with van der Waals surface area (Å²) in [6, 6.07) is 4.81. The molecule has 2 rings (SSSR count). The van der Waals surface area contributed by atoms with E-state index in [9.17, 15) is 0 Å². The van der Waals surface area contributed by atoms with Gasteiger partial charge >= 0.3 is 0 Å². The molecule has 19 heavy (non-hydrogen) atoms. The molecular formula is C16H26N2S. The Hall–Kier alpha value is -0.540. The largest absolute Gasteiger partial charge is 0.310 e. The van der Waals surface area contributed by atoms with E-state index >= 15 is 0 Å². The third-order valence-corrected chi connectivity index (χ3v) is 5.06. The van der Waals surface area contributed by atoms with Crippen molar-refractivity contribution in [2.45, 2.75) is 57.0 Å². The molecule has 0 radical (unpaired) electrons. The van der Waals surface area contributed by atoms with Crippen molar-refractivity contribution >= 4 is 11.8 Å².